The number of hydrogen-bond acceptors (Lipinski definition) is 13. The molecule has 10 rings (SSSR count). The van der Waals surface area contributed by atoms with Crippen molar-refractivity contribution in [2.24, 2.45) is 5.41 Å². The Hall–Kier alpha value is -6.67. The molecule has 3 saturated heterocycles. The average molecular weight is 1030 g/mol. The van der Waals surface area contributed by atoms with Crippen molar-refractivity contribution >= 4 is 44.0 Å². The van der Waals surface area contributed by atoms with Gasteiger partial charge in [0.15, 0.2) is 0 Å². The molecular formula is C55H62F2N8O8S. The molecule has 3 aliphatic heterocycles. The van der Waals surface area contributed by atoms with Crippen LogP contribution in [0.2, 0.25) is 0 Å². The van der Waals surface area contributed by atoms with E-state index >= 15 is 8.78 Å². The van der Waals surface area contributed by atoms with Crippen molar-refractivity contribution in [3.63, 3.8) is 0 Å². The van der Waals surface area contributed by atoms with Gasteiger partial charge in [-0.2, -0.15) is 0 Å². The SMILES string of the molecule is COc1ccccc1CN1CCN(C2CC3(CCN(c4cc(Oc5cnc6[nH]ccc6c5)c(C(=O)NS(=O)(=O)c5ccc(NCC6(F)CCOCC6)c([N+](=O)[O-])c5)cc4F)CC3)C2)C(c2ccccc2C(C)C)C1. The van der Waals surface area contributed by atoms with Crippen LogP contribution in [-0.4, -0.2) is 110 Å². The minimum Gasteiger partial charge on any atom is -0.496 e. The van der Waals surface area contributed by atoms with E-state index in [1.54, 1.807) is 25.4 Å². The van der Waals surface area contributed by atoms with Crippen molar-refractivity contribution in [1.29, 1.82) is 0 Å². The van der Waals surface area contributed by atoms with Crippen molar-refractivity contribution in [2.75, 3.05) is 69.8 Å². The number of fused-ring (bicyclic) bond motifs is 1. The molecule has 74 heavy (non-hydrogen) atoms. The van der Waals surface area contributed by atoms with E-state index < -0.39 is 48.5 Å². The van der Waals surface area contributed by atoms with Gasteiger partial charge in [0.05, 0.1) is 34.4 Å². The van der Waals surface area contributed by atoms with Crippen LogP contribution in [0, 0.1) is 21.3 Å². The average Bonchev–Trinajstić information content (AvgIpc) is 3.86. The summed E-state index contributed by atoms with van der Waals surface area (Å²) >= 11 is 0. The van der Waals surface area contributed by atoms with Crippen molar-refractivity contribution in [1.82, 2.24) is 24.5 Å². The van der Waals surface area contributed by atoms with Crippen molar-refractivity contribution < 1.29 is 41.1 Å². The van der Waals surface area contributed by atoms with Crippen molar-refractivity contribution in [2.45, 2.75) is 87.5 Å². The topological polar surface area (TPSA) is 184 Å². The number of halogens is 2. The van der Waals surface area contributed by atoms with Gasteiger partial charge in [0.25, 0.3) is 21.6 Å². The second-order valence-corrected chi connectivity index (χ2v) is 22.3. The number of ether oxygens (including phenoxy) is 3. The number of nitro benzene ring substituents is 1. The molecule has 0 radical (unpaired) electrons. The number of methoxy groups -OCH3 is 1. The quantitative estimate of drug-likeness (QED) is 0.0615. The van der Waals surface area contributed by atoms with Gasteiger partial charge >= 0.3 is 0 Å². The molecule has 3 N–H and O–H groups in total. The lowest BCUT2D eigenvalue weighted by Gasteiger charge is -2.58. The zero-order chi connectivity index (χ0) is 51.8. The van der Waals surface area contributed by atoms with Crippen LogP contribution in [0.5, 0.6) is 17.2 Å². The molecule has 1 atom stereocenters. The number of anilines is 2. The molecule has 1 spiro atoms. The number of pyridine rings is 1. The van der Waals surface area contributed by atoms with Crippen LogP contribution in [0.4, 0.5) is 25.8 Å². The Balaban J connectivity index is 0.856. The molecule has 4 aliphatic rings. The Morgan fingerprint density at radius 2 is 1.72 bits per heavy atom. The summed E-state index contributed by atoms with van der Waals surface area (Å²) in [5.74, 6) is -0.608. The molecule has 390 valence electrons. The zero-order valence-corrected chi connectivity index (χ0v) is 42.6. The molecule has 1 unspecified atom stereocenters. The summed E-state index contributed by atoms with van der Waals surface area (Å²) in [5.41, 5.74) is 1.96. The number of carbonyl (C=O) groups is 1. The first-order chi connectivity index (χ1) is 35.6. The number of aromatic amines is 1. The summed E-state index contributed by atoms with van der Waals surface area (Å²) < 4.78 is 78.6. The summed E-state index contributed by atoms with van der Waals surface area (Å²) in [7, 11) is -3.07. The van der Waals surface area contributed by atoms with Crippen LogP contribution in [0.15, 0.2) is 108 Å². The first-order valence-electron chi connectivity index (χ1n) is 25.3. The number of piperazine rings is 1. The standard InChI is InChI=1S/C55H62F2N8O8S/c1-36(2)42-9-5-6-10-43(42)49-34-62(33-38-8-4-7-11-50(38)71-3)22-23-64(49)39-30-54(31-39)15-20-63(21-16-54)47-29-51(73-40-26-37-14-19-58-52(37)59-32-40)44(28-45(47)56)53(66)61-74(69,70)41-12-13-46(48(27-41)65(67)68)60-35-55(57)17-24-72-25-18-55/h4-14,19,26-29,32,36,39,49,60H,15-18,20-25,30-31,33-35H2,1-3H3,(H,58,59)(H,61,66). The molecule has 4 aromatic carbocycles. The number of H-pyrrole nitrogens is 1. The van der Waals surface area contributed by atoms with Crippen LogP contribution in [0.1, 0.15) is 91.4 Å². The highest BCUT2D eigenvalue weighted by molar-refractivity contribution is 7.90. The van der Waals surface area contributed by atoms with Gasteiger partial charge < -0.3 is 29.4 Å². The molecular weight excluding hydrogens is 971 g/mol. The molecule has 19 heteroatoms. The maximum absolute atomic E-state index is 16.6. The first-order valence-corrected chi connectivity index (χ1v) is 26.8. The van der Waals surface area contributed by atoms with Crippen molar-refractivity contribution in [3.8, 4) is 17.2 Å². The predicted molar refractivity (Wildman–Crippen MR) is 278 cm³/mol. The van der Waals surface area contributed by atoms with E-state index in [9.17, 15) is 23.3 Å². The second kappa shape index (κ2) is 20.9. The molecule has 4 fully saturated rings. The fourth-order valence-electron chi connectivity index (χ4n) is 11.5. The number of amides is 1. The third kappa shape index (κ3) is 10.6. The highest BCUT2D eigenvalue weighted by atomic mass is 32.2. The second-order valence-electron chi connectivity index (χ2n) is 20.6. The molecule has 5 heterocycles. The van der Waals surface area contributed by atoms with Gasteiger partial charge in [-0.25, -0.2) is 26.9 Å². The van der Waals surface area contributed by atoms with E-state index in [1.807, 2.05) is 21.8 Å². The summed E-state index contributed by atoms with van der Waals surface area (Å²) in [6.45, 7) is 9.34. The number of hydrogen-bond donors (Lipinski definition) is 3. The van der Waals surface area contributed by atoms with Crippen LogP contribution in [0.3, 0.4) is 0 Å². The van der Waals surface area contributed by atoms with Crippen LogP contribution < -0.4 is 24.4 Å². The number of sulfonamides is 1. The van der Waals surface area contributed by atoms with Gasteiger partial charge in [-0.3, -0.25) is 24.7 Å². The van der Waals surface area contributed by atoms with E-state index in [-0.39, 0.29) is 66.9 Å². The maximum atomic E-state index is 16.6. The van der Waals surface area contributed by atoms with Gasteiger partial charge in [-0.1, -0.05) is 56.3 Å². The van der Waals surface area contributed by atoms with Gasteiger partial charge in [0.1, 0.15) is 40.1 Å². The lowest BCUT2D eigenvalue weighted by Crippen LogP contribution is -2.60. The molecule has 2 aromatic heterocycles. The van der Waals surface area contributed by atoms with Gasteiger partial charge in [0.2, 0.25) is 0 Å². The first kappa shape index (κ1) is 50.8. The number of para-hydroxylation sites is 1. The number of carbonyl (C=O) groups excluding carboxylic acids is 1. The number of aromatic nitrogens is 2. The number of nitrogens with zero attached hydrogens (tertiary/aromatic N) is 5. The van der Waals surface area contributed by atoms with E-state index in [0.717, 1.165) is 81.9 Å². The Kier molecular flexibility index (Phi) is 14.4. The Morgan fingerprint density at radius 1 is 0.959 bits per heavy atom. The third-order valence-electron chi connectivity index (χ3n) is 15.6. The highest BCUT2D eigenvalue weighted by Gasteiger charge is 2.50. The van der Waals surface area contributed by atoms with Gasteiger partial charge in [0, 0.05) is 113 Å². The fourth-order valence-corrected chi connectivity index (χ4v) is 12.4. The highest BCUT2D eigenvalue weighted by Crippen LogP contribution is 2.54. The summed E-state index contributed by atoms with van der Waals surface area (Å²) in [5, 5.41) is 15.6. The lowest BCUT2D eigenvalue weighted by atomic mass is 9.59. The molecule has 1 amide bonds. The Morgan fingerprint density at radius 3 is 2.47 bits per heavy atom. The zero-order valence-electron chi connectivity index (χ0n) is 41.8. The van der Waals surface area contributed by atoms with E-state index in [4.69, 9.17) is 14.2 Å². The minimum absolute atomic E-state index is 0.0863. The predicted octanol–water partition coefficient (Wildman–Crippen LogP) is 9.89. The molecule has 16 nitrogen and oxygen atoms in total. The third-order valence-corrected chi connectivity index (χ3v) is 17.0. The fraction of sp³-hybridized carbons (Fsp3) is 0.418. The van der Waals surface area contributed by atoms with Gasteiger partial charge in [-0.05, 0) is 84.5 Å². The number of nitrogens with one attached hydrogen (secondary N) is 3. The van der Waals surface area contributed by atoms with E-state index in [1.165, 1.54) is 29.0 Å². The number of benzene rings is 4. The van der Waals surface area contributed by atoms with E-state index in [2.05, 4.69) is 75.3 Å². The number of rotatable bonds is 16. The molecule has 1 aliphatic carbocycles. The Labute approximate surface area is 429 Å². The molecule has 1 saturated carbocycles. The van der Waals surface area contributed by atoms with Gasteiger partial charge in [-0.15, -0.1) is 0 Å². The number of piperidine rings is 1. The van der Waals surface area contributed by atoms with Crippen LogP contribution >= 0.6 is 0 Å². The lowest BCUT2D eigenvalue weighted by molar-refractivity contribution is -0.384. The van der Waals surface area contributed by atoms with Crippen LogP contribution in [-0.2, 0) is 21.3 Å². The largest absolute Gasteiger partial charge is 0.496 e. The van der Waals surface area contributed by atoms with E-state index in [0.29, 0.717) is 36.1 Å². The maximum Gasteiger partial charge on any atom is 0.293 e. The summed E-state index contributed by atoms with van der Waals surface area (Å²) in [6.07, 6.45) is 7.06. The number of alkyl halides is 1. The molecule has 6 aromatic rings. The minimum atomic E-state index is -4.79. The van der Waals surface area contributed by atoms with Crippen LogP contribution in [0.25, 0.3) is 11.0 Å². The molecule has 0 bridgehead atoms. The summed E-state index contributed by atoms with van der Waals surface area (Å²) in [6, 6.07) is 26.5. The summed E-state index contributed by atoms with van der Waals surface area (Å²) in [4.78, 5) is 39.4. The normalized spacial score (nSPS) is 19.3. The Bertz CT molecular complexity index is 3150. The van der Waals surface area contributed by atoms with Crippen molar-refractivity contribution in [3.05, 3.63) is 142 Å². The smallest absolute Gasteiger partial charge is 0.293 e. The number of nitro groups is 1. The monoisotopic (exact) mass is 1030 g/mol.